The zero-order valence-electron chi connectivity index (χ0n) is 11.0. The molecule has 104 valence electrons. The summed E-state index contributed by atoms with van der Waals surface area (Å²) in [5, 5.41) is 7.00. The molecule has 0 saturated carbocycles. The summed E-state index contributed by atoms with van der Waals surface area (Å²) in [4.78, 5) is 0. The molecule has 1 rings (SSSR count). The summed E-state index contributed by atoms with van der Waals surface area (Å²) in [7, 11) is 1.00. The highest BCUT2D eigenvalue weighted by molar-refractivity contribution is 5.15. The fourth-order valence-electron chi connectivity index (χ4n) is 1.21. The Hall–Kier alpha value is -0.820. The number of aliphatic hydroxyl groups excluding tert-OH is 1. The SMILES string of the molecule is C.C.CC.CC(C)(C)Cc1ccccc1.CO. The average molecular weight is 242 g/mol. The van der Waals surface area contributed by atoms with Gasteiger partial charge in [0.15, 0.2) is 0 Å². The van der Waals surface area contributed by atoms with Crippen LogP contribution in [0.25, 0.3) is 0 Å². The highest BCUT2D eigenvalue weighted by atomic mass is 16.2. The molecule has 1 aromatic rings. The molecular formula is C16H34O. The van der Waals surface area contributed by atoms with E-state index in [9.17, 15) is 0 Å². The van der Waals surface area contributed by atoms with Gasteiger partial charge in [0.25, 0.3) is 0 Å². The quantitative estimate of drug-likeness (QED) is 0.719. The van der Waals surface area contributed by atoms with Gasteiger partial charge in [-0.1, -0.05) is 79.8 Å². The zero-order valence-corrected chi connectivity index (χ0v) is 11.0. The van der Waals surface area contributed by atoms with Gasteiger partial charge >= 0.3 is 0 Å². The molecule has 0 fully saturated rings. The van der Waals surface area contributed by atoms with E-state index < -0.39 is 0 Å². The molecule has 0 heterocycles. The van der Waals surface area contributed by atoms with E-state index in [1.165, 1.54) is 5.56 Å². The summed E-state index contributed by atoms with van der Waals surface area (Å²) in [5.41, 5.74) is 1.83. The minimum Gasteiger partial charge on any atom is -0.400 e. The van der Waals surface area contributed by atoms with E-state index in [1.807, 2.05) is 13.8 Å². The fourth-order valence-corrected chi connectivity index (χ4v) is 1.21. The lowest BCUT2D eigenvalue weighted by Gasteiger charge is -2.17. The maximum atomic E-state index is 7.00. The standard InChI is InChI=1S/C11H16.C2H6.CH4O.2CH4/c1-11(2,3)9-10-7-5-4-6-8-10;2*1-2;;/h4-8H,9H2,1-3H3;1-2H3;2H,1H3;2*1H4. The summed E-state index contributed by atoms with van der Waals surface area (Å²) in [6.45, 7) is 10.8. The number of hydrogen-bond donors (Lipinski definition) is 1. The van der Waals surface area contributed by atoms with E-state index in [0.29, 0.717) is 5.41 Å². The molecule has 0 aromatic heterocycles. The van der Waals surface area contributed by atoms with E-state index in [1.54, 1.807) is 0 Å². The fraction of sp³-hybridized carbons (Fsp3) is 0.625. The lowest BCUT2D eigenvalue weighted by atomic mass is 9.88. The van der Waals surface area contributed by atoms with Crippen LogP contribution in [0.2, 0.25) is 0 Å². The van der Waals surface area contributed by atoms with Gasteiger partial charge in [-0.15, -0.1) is 0 Å². The molecule has 17 heavy (non-hydrogen) atoms. The van der Waals surface area contributed by atoms with Crippen LogP contribution < -0.4 is 0 Å². The maximum absolute atomic E-state index is 7.00. The molecule has 0 amide bonds. The Kier molecular flexibility index (Phi) is 22.4. The van der Waals surface area contributed by atoms with Crippen molar-refractivity contribution in [3.8, 4) is 0 Å². The van der Waals surface area contributed by atoms with Gasteiger partial charge in [0.2, 0.25) is 0 Å². The van der Waals surface area contributed by atoms with Crippen LogP contribution in [0, 0.1) is 5.41 Å². The monoisotopic (exact) mass is 242 g/mol. The Morgan fingerprint density at radius 2 is 1.24 bits per heavy atom. The van der Waals surface area contributed by atoms with Crippen molar-refractivity contribution in [3.05, 3.63) is 35.9 Å². The van der Waals surface area contributed by atoms with Crippen LogP contribution in [0.4, 0.5) is 0 Å². The Balaban J connectivity index is -0.000000128. The zero-order chi connectivity index (χ0) is 12.3. The second-order valence-electron chi connectivity index (χ2n) is 4.22. The van der Waals surface area contributed by atoms with E-state index in [2.05, 4.69) is 51.1 Å². The van der Waals surface area contributed by atoms with Gasteiger partial charge in [-0.3, -0.25) is 0 Å². The second kappa shape index (κ2) is 15.2. The van der Waals surface area contributed by atoms with Crippen molar-refractivity contribution in [2.75, 3.05) is 7.11 Å². The topological polar surface area (TPSA) is 20.2 Å². The van der Waals surface area contributed by atoms with Crippen LogP contribution in [0.15, 0.2) is 30.3 Å². The molecule has 0 atom stereocenters. The molecular weight excluding hydrogens is 208 g/mol. The van der Waals surface area contributed by atoms with Gasteiger partial charge in [-0.05, 0) is 17.4 Å². The van der Waals surface area contributed by atoms with E-state index in [4.69, 9.17) is 5.11 Å². The van der Waals surface area contributed by atoms with Gasteiger partial charge in [0, 0.05) is 7.11 Å². The smallest absolute Gasteiger partial charge is 0.0319 e. The molecule has 0 saturated heterocycles. The van der Waals surface area contributed by atoms with Crippen LogP contribution in [0.1, 0.15) is 55.0 Å². The Labute approximate surface area is 110 Å². The van der Waals surface area contributed by atoms with Gasteiger partial charge in [-0.25, -0.2) is 0 Å². The van der Waals surface area contributed by atoms with Crippen molar-refractivity contribution in [1.82, 2.24) is 0 Å². The predicted octanol–water partition coefficient (Wildman–Crippen LogP) is 5.18. The number of benzene rings is 1. The summed E-state index contributed by atoms with van der Waals surface area (Å²) in [5.74, 6) is 0. The van der Waals surface area contributed by atoms with Gasteiger partial charge in [-0.2, -0.15) is 0 Å². The summed E-state index contributed by atoms with van der Waals surface area (Å²) in [6, 6.07) is 10.6. The molecule has 1 aromatic carbocycles. The third kappa shape index (κ3) is 17.8. The summed E-state index contributed by atoms with van der Waals surface area (Å²) >= 11 is 0. The van der Waals surface area contributed by atoms with Crippen LogP contribution in [0.3, 0.4) is 0 Å². The highest BCUT2D eigenvalue weighted by Gasteiger charge is 2.09. The van der Waals surface area contributed by atoms with Crippen molar-refractivity contribution < 1.29 is 5.11 Å². The largest absolute Gasteiger partial charge is 0.400 e. The van der Waals surface area contributed by atoms with Crippen molar-refractivity contribution in [3.63, 3.8) is 0 Å². The predicted molar refractivity (Wildman–Crippen MR) is 82.6 cm³/mol. The average Bonchev–Trinajstić information content (AvgIpc) is 2.23. The third-order valence-electron chi connectivity index (χ3n) is 1.58. The van der Waals surface area contributed by atoms with Crippen LogP contribution in [-0.2, 0) is 6.42 Å². The van der Waals surface area contributed by atoms with E-state index >= 15 is 0 Å². The second-order valence-corrected chi connectivity index (χ2v) is 4.22. The third-order valence-corrected chi connectivity index (χ3v) is 1.58. The van der Waals surface area contributed by atoms with Crippen molar-refractivity contribution in [2.45, 2.75) is 55.9 Å². The maximum Gasteiger partial charge on any atom is 0.0319 e. The normalized spacial score (nSPS) is 8.18. The highest BCUT2D eigenvalue weighted by Crippen LogP contribution is 2.19. The van der Waals surface area contributed by atoms with Crippen LogP contribution in [-0.4, -0.2) is 12.2 Å². The lowest BCUT2D eigenvalue weighted by molar-refractivity contribution is 0.399. The first kappa shape index (κ1) is 25.1. The molecule has 0 radical (unpaired) electrons. The molecule has 1 nitrogen and oxygen atoms in total. The van der Waals surface area contributed by atoms with Crippen LogP contribution in [0.5, 0.6) is 0 Å². The Bertz CT molecular complexity index is 209. The van der Waals surface area contributed by atoms with Crippen molar-refractivity contribution in [1.29, 1.82) is 0 Å². The number of aliphatic hydroxyl groups is 1. The molecule has 0 unspecified atom stereocenters. The van der Waals surface area contributed by atoms with E-state index in [0.717, 1.165) is 13.5 Å². The minimum absolute atomic E-state index is 0. The first-order valence-corrected chi connectivity index (χ1v) is 5.57. The van der Waals surface area contributed by atoms with E-state index in [-0.39, 0.29) is 14.9 Å². The number of hydrogen-bond acceptors (Lipinski definition) is 1. The minimum atomic E-state index is 0. The molecule has 0 aliphatic carbocycles. The molecule has 1 heteroatoms. The van der Waals surface area contributed by atoms with Crippen molar-refractivity contribution in [2.24, 2.45) is 5.41 Å². The van der Waals surface area contributed by atoms with Crippen LogP contribution >= 0.6 is 0 Å². The molecule has 1 N–H and O–H groups in total. The summed E-state index contributed by atoms with van der Waals surface area (Å²) in [6.07, 6.45) is 1.16. The molecule has 0 aliphatic heterocycles. The Morgan fingerprint density at radius 1 is 0.882 bits per heavy atom. The first-order valence-electron chi connectivity index (χ1n) is 5.57. The van der Waals surface area contributed by atoms with Gasteiger partial charge in [0.1, 0.15) is 0 Å². The lowest BCUT2D eigenvalue weighted by Crippen LogP contribution is -2.08. The number of rotatable bonds is 1. The van der Waals surface area contributed by atoms with Crippen molar-refractivity contribution >= 4 is 0 Å². The Morgan fingerprint density at radius 3 is 1.53 bits per heavy atom. The first-order chi connectivity index (χ1) is 7.08. The molecule has 0 bridgehead atoms. The van der Waals surface area contributed by atoms with Gasteiger partial charge < -0.3 is 5.11 Å². The molecule has 0 spiro atoms. The summed E-state index contributed by atoms with van der Waals surface area (Å²) < 4.78 is 0. The van der Waals surface area contributed by atoms with Gasteiger partial charge in [0.05, 0.1) is 0 Å². The molecule has 0 aliphatic rings.